The van der Waals surface area contributed by atoms with Crippen molar-refractivity contribution in [3.05, 3.63) is 46.5 Å². The van der Waals surface area contributed by atoms with Gasteiger partial charge in [-0.1, -0.05) is 35.3 Å². The summed E-state index contributed by atoms with van der Waals surface area (Å²) in [7, 11) is 0. The molecule has 2 rings (SSSR count). The van der Waals surface area contributed by atoms with Gasteiger partial charge in [-0.2, -0.15) is 0 Å². The Morgan fingerprint density at radius 3 is 2.53 bits per heavy atom. The standard InChI is InChI=1S/C12H10Cl2N2O3/c13-11-12(14)16(7-15-11)5-8-1-3-9(4-2-8)19-6-10(17)18/h1-4,7H,5-6H2,(H,17,18). The number of ether oxygens (including phenoxy) is 1. The van der Waals surface area contributed by atoms with E-state index >= 15 is 0 Å². The number of carbonyl (C=O) groups is 1. The molecule has 0 aliphatic rings. The Morgan fingerprint density at radius 1 is 1.32 bits per heavy atom. The minimum absolute atomic E-state index is 0.267. The third-order valence-electron chi connectivity index (χ3n) is 2.37. The van der Waals surface area contributed by atoms with E-state index < -0.39 is 5.97 Å². The maximum atomic E-state index is 10.4. The number of halogens is 2. The molecule has 7 heteroatoms. The molecule has 0 aliphatic carbocycles. The van der Waals surface area contributed by atoms with Crippen LogP contribution in [0, 0.1) is 0 Å². The lowest BCUT2D eigenvalue weighted by atomic mass is 10.2. The largest absolute Gasteiger partial charge is 0.482 e. The average Bonchev–Trinajstić information content (AvgIpc) is 2.70. The molecular formula is C12H10Cl2N2O3. The summed E-state index contributed by atoms with van der Waals surface area (Å²) in [4.78, 5) is 14.2. The van der Waals surface area contributed by atoms with Crippen LogP contribution in [0.25, 0.3) is 0 Å². The zero-order valence-corrected chi connectivity index (χ0v) is 11.2. The molecule has 0 saturated carbocycles. The molecule has 0 radical (unpaired) electrons. The molecule has 0 amide bonds. The van der Waals surface area contributed by atoms with Gasteiger partial charge in [0.1, 0.15) is 10.9 Å². The van der Waals surface area contributed by atoms with Gasteiger partial charge in [-0.25, -0.2) is 9.78 Å². The topological polar surface area (TPSA) is 64.3 Å². The van der Waals surface area contributed by atoms with E-state index in [-0.39, 0.29) is 11.8 Å². The Balaban J connectivity index is 2.02. The van der Waals surface area contributed by atoms with Crippen LogP contribution in [0.2, 0.25) is 10.3 Å². The average molecular weight is 301 g/mol. The van der Waals surface area contributed by atoms with Crippen LogP contribution < -0.4 is 4.74 Å². The van der Waals surface area contributed by atoms with E-state index in [2.05, 4.69) is 4.98 Å². The van der Waals surface area contributed by atoms with E-state index in [0.717, 1.165) is 5.56 Å². The molecule has 0 bridgehead atoms. The van der Waals surface area contributed by atoms with Crippen LogP contribution >= 0.6 is 23.2 Å². The Hall–Kier alpha value is -1.72. The Kier molecular flexibility index (Phi) is 4.29. The highest BCUT2D eigenvalue weighted by atomic mass is 35.5. The number of carboxylic acid groups (broad SMARTS) is 1. The van der Waals surface area contributed by atoms with E-state index in [1.807, 2.05) is 12.1 Å². The molecule has 0 unspecified atom stereocenters. The number of hydrogen-bond acceptors (Lipinski definition) is 3. The minimum atomic E-state index is -1.01. The van der Waals surface area contributed by atoms with Gasteiger partial charge >= 0.3 is 5.97 Å². The minimum Gasteiger partial charge on any atom is -0.482 e. The van der Waals surface area contributed by atoms with Gasteiger partial charge in [0.05, 0.1) is 6.33 Å². The molecule has 19 heavy (non-hydrogen) atoms. The smallest absolute Gasteiger partial charge is 0.341 e. The highest BCUT2D eigenvalue weighted by Crippen LogP contribution is 2.21. The fourth-order valence-corrected chi connectivity index (χ4v) is 1.79. The Labute approximate surface area is 119 Å². The first-order chi connectivity index (χ1) is 9.06. The maximum absolute atomic E-state index is 10.4. The second-order valence-electron chi connectivity index (χ2n) is 3.78. The zero-order valence-electron chi connectivity index (χ0n) is 9.72. The second-order valence-corrected chi connectivity index (χ2v) is 4.50. The molecule has 1 aromatic heterocycles. The number of rotatable bonds is 5. The van der Waals surface area contributed by atoms with Gasteiger partial charge in [0.2, 0.25) is 0 Å². The SMILES string of the molecule is O=C(O)COc1ccc(Cn2cnc(Cl)c2Cl)cc1. The Bertz CT molecular complexity index is 581. The van der Waals surface area contributed by atoms with E-state index in [1.54, 1.807) is 23.0 Å². The number of benzene rings is 1. The van der Waals surface area contributed by atoms with Gasteiger partial charge in [-0.05, 0) is 17.7 Å². The predicted molar refractivity (Wildman–Crippen MR) is 70.9 cm³/mol. The summed E-state index contributed by atoms with van der Waals surface area (Å²) in [5.74, 6) is -0.509. The van der Waals surface area contributed by atoms with Crippen molar-refractivity contribution in [2.75, 3.05) is 6.61 Å². The second kappa shape index (κ2) is 5.95. The van der Waals surface area contributed by atoms with Crippen molar-refractivity contribution in [1.82, 2.24) is 9.55 Å². The first kappa shape index (κ1) is 13.7. The first-order valence-electron chi connectivity index (χ1n) is 5.36. The normalized spacial score (nSPS) is 10.4. The van der Waals surface area contributed by atoms with Crippen molar-refractivity contribution in [2.24, 2.45) is 0 Å². The van der Waals surface area contributed by atoms with Gasteiger partial charge in [0, 0.05) is 6.54 Å². The van der Waals surface area contributed by atoms with Crippen LogP contribution in [0.15, 0.2) is 30.6 Å². The van der Waals surface area contributed by atoms with Gasteiger partial charge in [-0.3, -0.25) is 0 Å². The number of aliphatic carboxylic acids is 1. The molecule has 100 valence electrons. The van der Waals surface area contributed by atoms with Crippen LogP contribution in [-0.2, 0) is 11.3 Å². The fraction of sp³-hybridized carbons (Fsp3) is 0.167. The van der Waals surface area contributed by atoms with Crippen molar-refractivity contribution in [2.45, 2.75) is 6.54 Å². The summed E-state index contributed by atoms with van der Waals surface area (Å²) in [6.45, 7) is 0.167. The van der Waals surface area contributed by atoms with Gasteiger partial charge in [0.15, 0.2) is 11.8 Å². The van der Waals surface area contributed by atoms with Gasteiger partial charge in [-0.15, -0.1) is 0 Å². The van der Waals surface area contributed by atoms with E-state index in [9.17, 15) is 4.79 Å². The first-order valence-corrected chi connectivity index (χ1v) is 6.11. The molecule has 0 saturated heterocycles. The Morgan fingerprint density at radius 2 is 2.00 bits per heavy atom. The van der Waals surface area contributed by atoms with Gasteiger partial charge < -0.3 is 14.4 Å². The van der Waals surface area contributed by atoms with Crippen LogP contribution in [-0.4, -0.2) is 27.2 Å². The predicted octanol–water partition coefficient (Wildman–Crippen LogP) is 2.70. The van der Waals surface area contributed by atoms with E-state index in [0.29, 0.717) is 17.4 Å². The van der Waals surface area contributed by atoms with Crippen molar-refractivity contribution in [3.63, 3.8) is 0 Å². The van der Waals surface area contributed by atoms with Crippen molar-refractivity contribution >= 4 is 29.2 Å². The van der Waals surface area contributed by atoms with Crippen molar-refractivity contribution in [1.29, 1.82) is 0 Å². The molecule has 0 atom stereocenters. The van der Waals surface area contributed by atoms with Crippen molar-refractivity contribution in [3.8, 4) is 5.75 Å². The van der Waals surface area contributed by atoms with Crippen LogP contribution in [0.3, 0.4) is 0 Å². The summed E-state index contributed by atoms with van der Waals surface area (Å²) >= 11 is 11.7. The molecule has 0 fully saturated rings. The number of hydrogen-bond donors (Lipinski definition) is 1. The van der Waals surface area contributed by atoms with Crippen LogP contribution in [0.5, 0.6) is 5.75 Å². The molecule has 1 aromatic carbocycles. The summed E-state index contributed by atoms with van der Waals surface area (Å²) < 4.78 is 6.74. The summed E-state index contributed by atoms with van der Waals surface area (Å²) in [6, 6.07) is 7.04. The molecule has 1 N–H and O–H groups in total. The quantitative estimate of drug-likeness (QED) is 0.922. The molecule has 0 spiro atoms. The molecule has 2 aromatic rings. The number of imidazole rings is 1. The van der Waals surface area contributed by atoms with E-state index in [1.165, 1.54) is 0 Å². The molecule has 0 aliphatic heterocycles. The molecular weight excluding hydrogens is 291 g/mol. The number of carboxylic acids is 1. The highest BCUT2D eigenvalue weighted by Gasteiger charge is 2.06. The maximum Gasteiger partial charge on any atom is 0.341 e. The fourth-order valence-electron chi connectivity index (χ4n) is 1.49. The van der Waals surface area contributed by atoms with Crippen LogP contribution in [0.1, 0.15) is 5.56 Å². The summed E-state index contributed by atoms with van der Waals surface area (Å²) in [5, 5.41) is 9.14. The summed E-state index contributed by atoms with van der Waals surface area (Å²) in [6.07, 6.45) is 1.56. The number of aromatic nitrogens is 2. The summed E-state index contributed by atoms with van der Waals surface area (Å²) in [5.41, 5.74) is 0.971. The van der Waals surface area contributed by atoms with Gasteiger partial charge in [0.25, 0.3) is 0 Å². The van der Waals surface area contributed by atoms with E-state index in [4.69, 9.17) is 33.0 Å². The lowest BCUT2D eigenvalue weighted by Crippen LogP contribution is -2.09. The molecule has 5 nitrogen and oxygen atoms in total. The van der Waals surface area contributed by atoms with Crippen molar-refractivity contribution < 1.29 is 14.6 Å². The number of nitrogens with zero attached hydrogens (tertiary/aromatic N) is 2. The lowest BCUT2D eigenvalue weighted by molar-refractivity contribution is -0.139. The third-order valence-corrected chi connectivity index (χ3v) is 3.14. The lowest BCUT2D eigenvalue weighted by Gasteiger charge is -2.06. The third kappa shape index (κ3) is 3.62. The highest BCUT2D eigenvalue weighted by molar-refractivity contribution is 6.40. The monoisotopic (exact) mass is 300 g/mol. The van der Waals surface area contributed by atoms with Crippen LogP contribution in [0.4, 0.5) is 0 Å². The molecule has 1 heterocycles. The zero-order chi connectivity index (χ0) is 13.8.